The number of aromatic nitrogens is 1. The van der Waals surface area contributed by atoms with Gasteiger partial charge in [-0.05, 0) is 35.9 Å². The van der Waals surface area contributed by atoms with E-state index in [1.54, 1.807) is 60.1 Å². The number of aliphatic hydroxyl groups excluding tert-OH is 1. The van der Waals surface area contributed by atoms with E-state index in [0.717, 1.165) is 0 Å². The second-order valence-corrected chi connectivity index (χ2v) is 8.39. The van der Waals surface area contributed by atoms with Crippen LogP contribution in [0.15, 0.2) is 72.3 Å². The fourth-order valence-corrected chi connectivity index (χ4v) is 4.62. The smallest absolute Gasteiger partial charge is 0.301 e. The van der Waals surface area contributed by atoms with Crippen molar-refractivity contribution in [3.8, 4) is 17.2 Å². The Morgan fingerprint density at radius 3 is 2.79 bits per heavy atom. The van der Waals surface area contributed by atoms with Gasteiger partial charge >= 0.3 is 5.91 Å². The Morgan fingerprint density at radius 2 is 2.03 bits per heavy atom. The normalized spacial score (nSPS) is 18.7. The van der Waals surface area contributed by atoms with Crippen molar-refractivity contribution in [3.05, 3.63) is 83.4 Å². The number of aliphatic hydroxyl groups is 1. The van der Waals surface area contributed by atoms with Crippen LogP contribution >= 0.6 is 11.3 Å². The van der Waals surface area contributed by atoms with Gasteiger partial charge in [0.05, 0.1) is 11.6 Å². The number of carbonyl (C=O) groups is 2. The molecule has 0 spiro atoms. The third-order valence-electron chi connectivity index (χ3n) is 5.43. The fourth-order valence-electron chi connectivity index (χ4n) is 3.96. The number of rotatable bonds is 6. The molecule has 1 aromatic heterocycles. The molecule has 34 heavy (non-hydrogen) atoms. The van der Waals surface area contributed by atoms with Crippen LogP contribution in [0.3, 0.4) is 0 Å². The first-order valence-electron chi connectivity index (χ1n) is 10.5. The number of hydrogen-bond donors (Lipinski definition) is 1. The Morgan fingerprint density at radius 1 is 1.21 bits per heavy atom. The van der Waals surface area contributed by atoms with Gasteiger partial charge in [0.2, 0.25) is 0 Å². The van der Waals surface area contributed by atoms with Gasteiger partial charge in [-0.2, -0.15) is 0 Å². The second-order valence-electron chi connectivity index (χ2n) is 7.51. The molecule has 2 aliphatic heterocycles. The number of anilines is 1. The van der Waals surface area contributed by atoms with Crippen LogP contribution in [0.2, 0.25) is 0 Å². The molecule has 3 heterocycles. The van der Waals surface area contributed by atoms with Gasteiger partial charge in [-0.1, -0.05) is 24.8 Å². The summed E-state index contributed by atoms with van der Waals surface area (Å²) in [6.07, 6.45) is 3.18. The zero-order chi connectivity index (χ0) is 23.7. The summed E-state index contributed by atoms with van der Waals surface area (Å²) in [6.45, 7) is 4.76. The monoisotopic (exact) mass is 476 g/mol. The van der Waals surface area contributed by atoms with Crippen molar-refractivity contribution in [3.63, 3.8) is 0 Å². The Hall–Kier alpha value is -4.11. The average Bonchev–Trinajstić information content (AvgIpc) is 3.49. The van der Waals surface area contributed by atoms with Gasteiger partial charge in [0, 0.05) is 17.1 Å². The number of ether oxygens (including phenoxy) is 3. The van der Waals surface area contributed by atoms with Crippen LogP contribution in [0.4, 0.5) is 5.13 Å². The summed E-state index contributed by atoms with van der Waals surface area (Å²) in [6, 6.07) is 11.0. The molecule has 3 aromatic rings. The number of thiazole rings is 1. The number of amides is 1. The predicted octanol–water partition coefficient (Wildman–Crippen LogP) is 4.11. The van der Waals surface area contributed by atoms with Crippen molar-refractivity contribution in [2.75, 3.05) is 24.7 Å². The van der Waals surface area contributed by atoms with Crippen molar-refractivity contribution < 1.29 is 28.9 Å². The number of fused-ring (bicyclic) bond motifs is 1. The summed E-state index contributed by atoms with van der Waals surface area (Å²) >= 11 is 1.23. The third kappa shape index (κ3) is 3.80. The van der Waals surface area contributed by atoms with Crippen LogP contribution in [0, 0.1) is 0 Å². The largest absolute Gasteiger partial charge is 0.507 e. The van der Waals surface area contributed by atoms with Gasteiger partial charge in [-0.15, -0.1) is 11.3 Å². The minimum Gasteiger partial charge on any atom is -0.507 e. The van der Waals surface area contributed by atoms with Crippen LogP contribution < -0.4 is 19.1 Å². The summed E-state index contributed by atoms with van der Waals surface area (Å²) in [5.41, 5.74) is 0.887. The molecule has 1 saturated heterocycles. The number of Topliss-reactive ketones (excluding diaryl/α,β-unsaturated/α-hetero) is 1. The number of ketones is 1. The second kappa shape index (κ2) is 9.03. The highest BCUT2D eigenvalue weighted by molar-refractivity contribution is 7.14. The topological polar surface area (TPSA) is 98.2 Å². The molecule has 8 nitrogen and oxygen atoms in total. The number of benzene rings is 2. The van der Waals surface area contributed by atoms with E-state index in [0.29, 0.717) is 53.3 Å². The zero-order valence-corrected chi connectivity index (χ0v) is 18.8. The number of nitrogens with zero attached hydrogens (tertiary/aromatic N) is 2. The molecule has 0 radical (unpaired) electrons. The van der Waals surface area contributed by atoms with Crippen LogP contribution in [-0.4, -0.2) is 41.6 Å². The van der Waals surface area contributed by atoms with Crippen molar-refractivity contribution in [2.24, 2.45) is 0 Å². The molecule has 9 heteroatoms. The molecule has 1 unspecified atom stereocenters. The maximum Gasteiger partial charge on any atom is 0.301 e. The van der Waals surface area contributed by atoms with Crippen LogP contribution in [0.5, 0.6) is 17.2 Å². The summed E-state index contributed by atoms with van der Waals surface area (Å²) in [7, 11) is 0. The van der Waals surface area contributed by atoms with Crippen molar-refractivity contribution >= 4 is 33.9 Å². The first-order chi connectivity index (χ1) is 16.6. The van der Waals surface area contributed by atoms with Gasteiger partial charge in [-0.25, -0.2) is 4.98 Å². The molecule has 2 aromatic carbocycles. The summed E-state index contributed by atoms with van der Waals surface area (Å²) in [4.78, 5) is 31.9. The van der Waals surface area contributed by atoms with Crippen molar-refractivity contribution in [1.29, 1.82) is 0 Å². The van der Waals surface area contributed by atoms with E-state index < -0.39 is 17.7 Å². The molecule has 1 fully saturated rings. The molecule has 0 saturated carbocycles. The molecule has 172 valence electrons. The Bertz CT molecular complexity index is 1300. The van der Waals surface area contributed by atoms with E-state index in [1.807, 2.05) is 0 Å². The van der Waals surface area contributed by atoms with E-state index in [2.05, 4.69) is 11.6 Å². The minimum absolute atomic E-state index is 0.0438. The van der Waals surface area contributed by atoms with E-state index in [1.165, 1.54) is 16.2 Å². The maximum atomic E-state index is 13.2. The first kappa shape index (κ1) is 21.7. The van der Waals surface area contributed by atoms with Crippen LogP contribution in [0.25, 0.3) is 5.76 Å². The molecular weight excluding hydrogens is 456 g/mol. The van der Waals surface area contributed by atoms with E-state index in [4.69, 9.17) is 14.2 Å². The highest BCUT2D eigenvalue weighted by atomic mass is 32.1. The summed E-state index contributed by atoms with van der Waals surface area (Å²) in [5, 5.41) is 13.4. The molecule has 1 atom stereocenters. The number of carbonyl (C=O) groups excluding carboxylic acids is 2. The zero-order valence-electron chi connectivity index (χ0n) is 18.0. The Labute approximate surface area is 199 Å². The molecule has 0 aliphatic carbocycles. The quantitative estimate of drug-likeness (QED) is 0.247. The maximum absolute atomic E-state index is 13.2. The summed E-state index contributed by atoms with van der Waals surface area (Å²) < 4.78 is 16.8. The van der Waals surface area contributed by atoms with Gasteiger partial charge in [0.25, 0.3) is 5.78 Å². The van der Waals surface area contributed by atoms with E-state index in [9.17, 15) is 14.7 Å². The van der Waals surface area contributed by atoms with Crippen molar-refractivity contribution in [1.82, 2.24) is 4.98 Å². The predicted molar refractivity (Wildman–Crippen MR) is 126 cm³/mol. The standard InChI is InChI=1S/C25H20N2O6S/c1-2-9-31-17-5-3-4-15(13-17)21-20(23(29)24(30)27(21)25-26-8-12-34-25)22(28)16-6-7-18-19(14-16)33-11-10-32-18/h2-8,12-14,21,28H,1,9-11H2/b22-20+. The molecule has 2 aliphatic rings. The highest BCUT2D eigenvalue weighted by Crippen LogP contribution is 2.44. The van der Waals surface area contributed by atoms with Crippen molar-refractivity contribution in [2.45, 2.75) is 6.04 Å². The molecule has 0 bridgehead atoms. The van der Waals surface area contributed by atoms with Crippen LogP contribution in [-0.2, 0) is 9.59 Å². The molecule has 5 rings (SSSR count). The number of hydrogen-bond acceptors (Lipinski definition) is 8. The van der Waals surface area contributed by atoms with E-state index in [-0.39, 0.29) is 11.3 Å². The SMILES string of the molecule is C=CCOc1cccc(C2/C(=C(\O)c3ccc4c(c3)OCCO4)C(=O)C(=O)N2c2nccs2)c1. The lowest BCUT2D eigenvalue weighted by atomic mass is 9.95. The lowest BCUT2D eigenvalue weighted by molar-refractivity contribution is -0.132. The Balaban J connectivity index is 1.66. The third-order valence-corrected chi connectivity index (χ3v) is 6.20. The van der Waals surface area contributed by atoms with Gasteiger partial charge in [0.15, 0.2) is 16.6 Å². The van der Waals surface area contributed by atoms with Gasteiger partial charge in [-0.3, -0.25) is 14.5 Å². The molecule has 1 amide bonds. The Kier molecular flexibility index (Phi) is 5.77. The lowest BCUT2D eigenvalue weighted by Gasteiger charge is -2.23. The molecular formula is C25H20N2O6S. The minimum atomic E-state index is -0.897. The summed E-state index contributed by atoms with van der Waals surface area (Å²) in [5.74, 6) is -0.324. The molecule has 1 N–H and O–H groups in total. The highest BCUT2D eigenvalue weighted by Gasteiger charge is 2.48. The lowest BCUT2D eigenvalue weighted by Crippen LogP contribution is -2.29. The van der Waals surface area contributed by atoms with Crippen LogP contribution in [0.1, 0.15) is 17.2 Å². The van der Waals surface area contributed by atoms with E-state index >= 15 is 0 Å². The fraction of sp³-hybridized carbons (Fsp3) is 0.160. The first-order valence-corrected chi connectivity index (χ1v) is 11.4. The average molecular weight is 477 g/mol. The van der Waals surface area contributed by atoms with Gasteiger partial charge in [0.1, 0.15) is 31.3 Å². The van der Waals surface area contributed by atoms with Gasteiger partial charge < -0.3 is 19.3 Å².